The number of hydrogen-bond donors (Lipinski definition) is 2. The van der Waals surface area contributed by atoms with Crippen LogP contribution in [0.3, 0.4) is 0 Å². The lowest BCUT2D eigenvalue weighted by molar-refractivity contribution is 0.0943. The van der Waals surface area contributed by atoms with Gasteiger partial charge in [-0.3, -0.25) is 9.52 Å². The molecule has 0 unspecified atom stereocenters. The fourth-order valence-corrected chi connectivity index (χ4v) is 3.98. The van der Waals surface area contributed by atoms with Gasteiger partial charge in [0.1, 0.15) is 4.90 Å². The van der Waals surface area contributed by atoms with Crippen molar-refractivity contribution in [1.29, 1.82) is 0 Å². The number of carbonyl (C=O) groups is 1. The summed E-state index contributed by atoms with van der Waals surface area (Å²) in [6.07, 6.45) is 0. The Hall–Kier alpha value is -2.05. The molecule has 1 amide bonds. The summed E-state index contributed by atoms with van der Waals surface area (Å²) < 4.78 is 28.0. The second kappa shape index (κ2) is 7.45. The molecule has 0 aliphatic heterocycles. The molecule has 2 N–H and O–H groups in total. The van der Waals surface area contributed by atoms with Crippen molar-refractivity contribution in [2.24, 2.45) is 0 Å². The van der Waals surface area contributed by atoms with Crippen LogP contribution >= 0.6 is 11.6 Å². The lowest BCUT2D eigenvalue weighted by Crippen LogP contribution is -2.30. The second-order valence-electron chi connectivity index (χ2n) is 6.20. The van der Waals surface area contributed by atoms with Crippen LogP contribution in [0.15, 0.2) is 41.3 Å². The largest absolute Gasteiger partial charge is 0.350 e. The fourth-order valence-electron chi connectivity index (χ4n) is 2.32. The van der Waals surface area contributed by atoms with Gasteiger partial charge in [-0.05, 0) is 57.5 Å². The van der Waals surface area contributed by atoms with Gasteiger partial charge in [0.25, 0.3) is 15.9 Å². The van der Waals surface area contributed by atoms with Crippen molar-refractivity contribution in [3.8, 4) is 0 Å². The molecule has 2 aromatic carbocycles. The quantitative estimate of drug-likeness (QED) is 0.826. The molecular weight excluding hydrogens is 360 g/mol. The Morgan fingerprint density at radius 3 is 2.36 bits per heavy atom. The SMILES string of the molecule is Cc1ccc(NS(=O)(=O)c2cc(C(=O)NC(C)C)ccc2Cl)c(C)c1. The number of amides is 1. The molecule has 7 heteroatoms. The van der Waals surface area contributed by atoms with E-state index in [9.17, 15) is 13.2 Å². The molecule has 0 heterocycles. The van der Waals surface area contributed by atoms with E-state index in [1.807, 2.05) is 39.8 Å². The summed E-state index contributed by atoms with van der Waals surface area (Å²) in [5.74, 6) is -0.352. The van der Waals surface area contributed by atoms with Crippen molar-refractivity contribution in [2.45, 2.75) is 38.6 Å². The predicted octanol–water partition coefficient (Wildman–Crippen LogP) is 3.90. The highest BCUT2D eigenvalue weighted by molar-refractivity contribution is 7.92. The molecule has 0 saturated heterocycles. The molecule has 0 saturated carbocycles. The monoisotopic (exact) mass is 380 g/mol. The van der Waals surface area contributed by atoms with Gasteiger partial charge in [0, 0.05) is 11.6 Å². The molecule has 2 rings (SSSR count). The van der Waals surface area contributed by atoms with Crippen LogP contribution in [-0.4, -0.2) is 20.4 Å². The van der Waals surface area contributed by atoms with Gasteiger partial charge < -0.3 is 5.32 Å². The molecule has 134 valence electrons. The number of hydrogen-bond acceptors (Lipinski definition) is 3. The van der Waals surface area contributed by atoms with Gasteiger partial charge in [0.15, 0.2) is 0 Å². The van der Waals surface area contributed by atoms with Crippen molar-refractivity contribution < 1.29 is 13.2 Å². The summed E-state index contributed by atoms with van der Waals surface area (Å²) in [7, 11) is -3.93. The van der Waals surface area contributed by atoms with Crippen LogP contribution in [0.1, 0.15) is 35.3 Å². The minimum atomic E-state index is -3.93. The van der Waals surface area contributed by atoms with E-state index < -0.39 is 10.0 Å². The average Bonchev–Trinajstić information content (AvgIpc) is 2.49. The Balaban J connectivity index is 2.40. The molecule has 0 spiro atoms. The summed E-state index contributed by atoms with van der Waals surface area (Å²) in [5, 5.41) is 2.78. The predicted molar refractivity (Wildman–Crippen MR) is 101 cm³/mol. The molecule has 0 bridgehead atoms. The van der Waals surface area contributed by atoms with Gasteiger partial charge in [0.05, 0.1) is 10.7 Å². The number of benzene rings is 2. The van der Waals surface area contributed by atoms with Gasteiger partial charge in [0.2, 0.25) is 0 Å². The maximum Gasteiger partial charge on any atom is 0.263 e. The number of halogens is 1. The Labute approximate surface area is 153 Å². The summed E-state index contributed by atoms with van der Waals surface area (Å²) in [6, 6.07) is 9.53. The van der Waals surface area contributed by atoms with Crippen LogP contribution in [0, 0.1) is 13.8 Å². The Morgan fingerprint density at radius 1 is 1.08 bits per heavy atom. The summed E-state index contributed by atoms with van der Waals surface area (Å²) in [5.41, 5.74) is 2.54. The van der Waals surface area contributed by atoms with Crippen molar-refractivity contribution in [1.82, 2.24) is 5.32 Å². The topological polar surface area (TPSA) is 75.3 Å². The summed E-state index contributed by atoms with van der Waals surface area (Å²) in [4.78, 5) is 12.0. The van der Waals surface area contributed by atoms with Gasteiger partial charge in [-0.2, -0.15) is 0 Å². The van der Waals surface area contributed by atoms with Crippen molar-refractivity contribution in [3.63, 3.8) is 0 Å². The zero-order valence-electron chi connectivity index (χ0n) is 14.6. The first-order chi connectivity index (χ1) is 11.6. The van der Waals surface area contributed by atoms with Crippen molar-refractivity contribution >= 4 is 33.2 Å². The minimum absolute atomic E-state index is 0.0540. The van der Waals surface area contributed by atoms with Crippen LogP contribution in [0.2, 0.25) is 5.02 Å². The van der Waals surface area contributed by atoms with Crippen LogP contribution in [0.25, 0.3) is 0 Å². The maximum absolute atomic E-state index is 12.7. The Bertz CT molecular complexity index is 909. The van der Waals surface area contributed by atoms with Crippen molar-refractivity contribution in [2.75, 3.05) is 4.72 Å². The first-order valence-electron chi connectivity index (χ1n) is 7.80. The number of rotatable bonds is 5. The highest BCUT2D eigenvalue weighted by atomic mass is 35.5. The van der Waals surface area contributed by atoms with Gasteiger partial charge in [-0.25, -0.2) is 8.42 Å². The number of sulfonamides is 1. The second-order valence-corrected chi connectivity index (χ2v) is 8.26. The van der Waals surface area contributed by atoms with Gasteiger partial charge in [-0.15, -0.1) is 0 Å². The normalized spacial score (nSPS) is 11.4. The third kappa shape index (κ3) is 4.74. The van der Waals surface area contributed by atoms with E-state index >= 15 is 0 Å². The molecule has 2 aromatic rings. The van der Waals surface area contributed by atoms with Crippen LogP contribution in [0.5, 0.6) is 0 Å². The maximum atomic E-state index is 12.7. The molecule has 0 atom stereocenters. The molecule has 0 aliphatic carbocycles. The van der Waals surface area contributed by atoms with E-state index in [2.05, 4.69) is 10.0 Å². The standard InChI is InChI=1S/C18H21ClN2O3S/c1-11(2)20-18(22)14-6-7-15(19)17(10-14)25(23,24)21-16-8-5-12(3)9-13(16)4/h5-11,21H,1-4H3,(H,20,22). The van der Waals surface area contributed by atoms with E-state index in [4.69, 9.17) is 11.6 Å². The number of anilines is 1. The van der Waals surface area contributed by atoms with Crippen LogP contribution in [0.4, 0.5) is 5.69 Å². The van der Waals surface area contributed by atoms with Crippen LogP contribution < -0.4 is 10.0 Å². The molecule has 0 aromatic heterocycles. The molecule has 0 aliphatic rings. The highest BCUT2D eigenvalue weighted by Crippen LogP contribution is 2.26. The summed E-state index contributed by atoms with van der Waals surface area (Å²) in [6.45, 7) is 7.40. The highest BCUT2D eigenvalue weighted by Gasteiger charge is 2.21. The third-order valence-corrected chi connectivity index (χ3v) is 5.38. The summed E-state index contributed by atoms with van der Waals surface area (Å²) >= 11 is 6.07. The third-order valence-electron chi connectivity index (χ3n) is 3.53. The van der Waals surface area contributed by atoms with E-state index in [-0.39, 0.29) is 27.4 Å². The molecule has 0 fully saturated rings. The lowest BCUT2D eigenvalue weighted by atomic mass is 10.1. The lowest BCUT2D eigenvalue weighted by Gasteiger charge is -2.14. The number of nitrogens with one attached hydrogen (secondary N) is 2. The smallest absolute Gasteiger partial charge is 0.263 e. The average molecular weight is 381 g/mol. The Kier molecular flexibility index (Phi) is 5.75. The Morgan fingerprint density at radius 2 is 1.76 bits per heavy atom. The fraction of sp³-hybridized carbons (Fsp3) is 0.278. The minimum Gasteiger partial charge on any atom is -0.350 e. The van der Waals surface area contributed by atoms with Gasteiger partial charge >= 0.3 is 0 Å². The van der Waals surface area contributed by atoms with E-state index in [0.29, 0.717) is 5.69 Å². The number of carbonyl (C=O) groups excluding carboxylic acids is 1. The zero-order chi connectivity index (χ0) is 18.8. The first-order valence-corrected chi connectivity index (χ1v) is 9.67. The molecule has 5 nitrogen and oxygen atoms in total. The number of aryl methyl sites for hydroxylation is 2. The zero-order valence-corrected chi connectivity index (χ0v) is 16.1. The van der Waals surface area contributed by atoms with E-state index in [0.717, 1.165) is 11.1 Å². The van der Waals surface area contributed by atoms with Crippen LogP contribution in [-0.2, 0) is 10.0 Å². The molecule has 0 radical (unpaired) electrons. The van der Waals surface area contributed by atoms with E-state index in [1.54, 1.807) is 6.07 Å². The van der Waals surface area contributed by atoms with Crippen molar-refractivity contribution in [3.05, 3.63) is 58.1 Å². The van der Waals surface area contributed by atoms with Gasteiger partial charge in [-0.1, -0.05) is 29.3 Å². The molecule has 25 heavy (non-hydrogen) atoms. The first kappa shape index (κ1) is 19.3. The molecular formula is C18H21ClN2O3S. The van der Waals surface area contributed by atoms with E-state index in [1.165, 1.54) is 18.2 Å².